The molecule has 0 aromatic carbocycles. The molecule has 1 saturated heterocycles. The molecule has 1 aliphatic heterocycles. The van der Waals surface area contributed by atoms with Gasteiger partial charge in [0.15, 0.2) is 5.60 Å². The number of carbonyl (C=O) groups is 2. The molecule has 0 saturated carbocycles. The van der Waals surface area contributed by atoms with Crippen molar-refractivity contribution in [3.8, 4) is 0 Å². The molecule has 1 aliphatic rings. The molecule has 1 rings (SSSR count). The van der Waals surface area contributed by atoms with Gasteiger partial charge in [0.05, 0.1) is 0 Å². The van der Waals surface area contributed by atoms with Gasteiger partial charge < -0.3 is 9.84 Å². The second kappa shape index (κ2) is 4.57. The van der Waals surface area contributed by atoms with E-state index in [1.807, 2.05) is 6.92 Å². The number of carbonyl (C=O) groups excluding carboxylic acids is 2. The molecule has 0 bridgehead atoms. The molecule has 15 heavy (non-hydrogen) atoms. The minimum absolute atomic E-state index is 0.459. The standard InChI is InChI=1S/C11H16O4/c1-3-5-6-7-8-9(12)15-10(13)11(8,14)4-2/h4,8,14H,2-3,5-7H2,1H3. The number of cyclic esters (lactones) is 2. The number of ether oxygens (including phenoxy) is 1. The molecule has 2 atom stereocenters. The fourth-order valence-electron chi connectivity index (χ4n) is 1.73. The lowest BCUT2D eigenvalue weighted by molar-refractivity contribution is -0.156. The van der Waals surface area contributed by atoms with Crippen LogP contribution >= 0.6 is 0 Å². The average Bonchev–Trinajstić information content (AvgIpc) is 2.42. The summed E-state index contributed by atoms with van der Waals surface area (Å²) in [5.41, 5.74) is -1.81. The van der Waals surface area contributed by atoms with E-state index in [1.165, 1.54) is 0 Å². The second-order valence-electron chi connectivity index (χ2n) is 3.79. The maximum atomic E-state index is 11.3. The molecule has 1 N–H and O–H groups in total. The van der Waals surface area contributed by atoms with Crippen molar-refractivity contribution in [1.82, 2.24) is 0 Å². The number of esters is 2. The smallest absolute Gasteiger partial charge is 0.350 e. The summed E-state index contributed by atoms with van der Waals surface area (Å²) < 4.78 is 4.41. The Bertz CT molecular complexity index is 284. The average molecular weight is 212 g/mol. The zero-order chi connectivity index (χ0) is 11.5. The Labute approximate surface area is 88.9 Å². The number of aliphatic hydroxyl groups is 1. The maximum absolute atomic E-state index is 11.3. The Morgan fingerprint density at radius 3 is 2.73 bits per heavy atom. The van der Waals surface area contributed by atoms with Crippen molar-refractivity contribution >= 4 is 11.9 Å². The van der Waals surface area contributed by atoms with Gasteiger partial charge >= 0.3 is 11.9 Å². The zero-order valence-electron chi connectivity index (χ0n) is 8.86. The monoisotopic (exact) mass is 212 g/mol. The zero-order valence-corrected chi connectivity index (χ0v) is 8.86. The third-order valence-electron chi connectivity index (χ3n) is 2.74. The van der Waals surface area contributed by atoms with E-state index in [0.717, 1.165) is 25.3 Å². The van der Waals surface area contributed by atoms with Gasteiger partial charge in [-0.1, -0.05) is 32.8 Å². The van der Waals surface area contributed by atoms with Gasteiger partial charge in [0.1, 0.15) is 5.92 Å². The van der Waals surface area contributed by atoms with Crippen LogP contribution in [0.15, 0.2) is 12.7 Å². The highest BCUT2D eigenvalue weighted by Crippen LogP contribution is 2.33. The lowest BCUT2D eigenvalue weighted by Gasteiger charge is -2.19. The third-order valence-corrected chi connectivity index (χ3v) is 2.74. The largest absolute Gasteiger partial charge is 0.390 e. The first-order valence-corrected chi connectivity index (χ1v) is 5.18. The first-order chi connectivity index (χ1) is 7.06. The summed E-state index contributed by atoms with van der Waals surface area (Å²) in [6.45, 7) is 5.41. The predicted octanol–water partition coefficient (Wildman–Crippen LogP) is 1.18. The molecular formula is C11H16O4. The summed E-state index contributed by atoms with van der Waals surface area (Å²) >= 11 is 0. The molecule has 0 spiro atoms. The lowest BCUT2D eigenvalue weighted by atomic mass is 9.86. The minimum atomic E-state index is -1.81. The van der Waals surface area contributed by atoms with Crippen molar-refractivity contribution in [2.24, 2.45) is 5.92 Å². The van der Waals surface area contributed by atoms with Crippen molar-refractivity contribution in [3.63, 3.8) is 0 Å². The van der Waals surface area contributed by atoms with Crippen LogP contribution in [0.5, 0.6) is 0 Å². The van der Waals surface area contributed by atoms with E-state index in [1.54, 1.807) is 0 Å². The molecule has 4 heteroatoms. The van der Waals surface area contributed by atoms with Crippen molar-refractivity contribution in [1.29, 1.82) is 0 Å². The van der Waals surface area contributed by atoms with Gasteiger partial charge in [-0.05, 0) is 12.5 Å². The van der Waals surface area contributed by atoms with E-state index in [2.05, 4.69) is 11.3 Å². The van der Waals surface area contributed by atoms with Gasteiger partial charge in [-0.3, -0.25) is 4.79 Å². The fourth-order valence-corrected chi connectivity index (χ4v) is 1.73. The molecule has 1 heterocycles. The van der Waals surface area contributed by atoms with E-state index in [9.17, 15) is 14.7 Å². The first kappa shape index (κ1) is 11.9. The Morgan fingerprint density at radius 1 is 1.53 bits per heavy atom. The van der Waals surface area contributed by atoms with E-state index in [-0.39, 0.29) is 0 Å². The quantitative estimate of drug-likeness (QED) is 0.322. The molecule has 2 unspecified atom stereocenters. The molecule has 1 fully saturated rings. The van der Waals surface area contributed by atoms with Crippen LogP contribution in [0.25, 0.3) is 0 Å². The highest BCUT2D eigenvalue weighted by Gasteiger charge is 2.54. The molecule has 84 valence electrons. The molecule has 0 aliphatic carbocycles. The van der Waals surface area contributed by atoms with Crippen LogP contribution in [0.4, 0.5) is 0 Å². The summed E-state index contributed by atoms with van der Waals surface area (Å²) in [4.78, 5) is 22.5. The Hall–Kier alpha value is -1.16. The number of hydrogen-bond acceptors (Lipinski definition) is 4. The Kier molecular flexibility index (Phi) is 3.63. The summed E-state index contributed by atoms with van der Waals surface area (Å²) in [5, 5.41) is 9.88. The van der Waals surface area contributed by atoms with Gasteiger partial charge in [-0.25, -0.2) is 4.79 Å². The molecule has 0 amide bonds. The summed E-state index contributed by atoms with van der Waals surface area (Å²) in [6.07, 6.45) is 4.32. The van der Waals surface area contributed by atoms with E-state index in [4.69, 9.17) is 0 Å². The summed E-state index contributed by atoms with van der Waals surface area (Å²) in [7, 11) is 0. The van der Waals surface area contributed by atoms with Crippen LogP contribution in [0.2, 0.25) is 0 Å². The van der Waals surface area contributed by atoms with Crippen LogP contribution in [-0.2, 0) is 14.3 Å². The molecular weight excluding hydrogens is 196 g/mol. The van der Waals surface area contributed by atoms with Gasteiger partial charge in [0.2, 0.25) is 0 Å². The molecule has 4 nitrogen and oxygen atoms in total. The normalized spacial score (nSPS) is 30.4. The van der Waals surface area contributed by atoms with Crippen molar-refractivity contribution in [2.75, 3.05) is 0 Å². The Balaban J connectivity index is 2.71. The summed E-state index contributed by atoms with van der Waals surface area (Å²) in [6, 6.07) is 0. The topological polar surface area (TPSA) is 63.6 Å². The SMILES string of the molecule is C=CC1(O)C(=O)OC(=O)C1CCCCC. The molecule has 0 aromatic rings. The third kappa shape index (κ3) is 2.09. The van der Waals surface area contributed by atoms with Crippen LogP contribution in [0.1, 0.15) is 32.6 Å². The lowest BCUT2D eigenvalue weighted by Crippen LogP contribution is -2.39. The highest BCUT2D eigenvalue weighted by atomic mass is 16.6. The first-order valence-electron chi connectivity index (χ1n) is 5.18. The van der Waals surface area contributed by atoms with Crippen molar-refractivity contribution in [3.05, 3.63) is 12.7 Å². The number of unbranched alkanes of at least 4 members (excludes halogenated alkanes) is 2. The van der Waals surface area contributed by atoms with Gasteiger partial charge in [-0.15, -0.1) is 0 Å². The Morgan fingerprint density at radius 2 is 2.20 bits per heavy atom. The minimum Gasteiger partial charge on any atom is -0.390 e. The highest BCUT2D eigenvalue weighted by molar-refractivity contribution is 6.02. The number of rotatable bonds is 5. The maximum Gasteiger partial charge on any atom is 0.350 e. The number of hydrogen-bond donors (Lipinski definition) is 1. The van der Waals surface area contributed by atoms with Crippen molar-refractivity contribution < 1.29 is 19.4 Å². The van der Waals surface area contributed by atoms with E-state index >= 15 is 0 Å². The van der Waals surface area contributed by atoms with Crippen LogP contribution in [0, 0.1) is 5.92 Å². The van der Waals surface area contributed by atoms with E-state index in [0.29, 0.717) is 6.42 Å². The van der Waals surface area contributed by atoms with Gasteiger partial charge in [0.25, 0.3) is 0 Å². The second-order valence-corrected chi connectivity index (χ2v) is 3.79. The molecule has 0 radical (unpaired) electrons. The van der Waals surface area contributed by atoms with Crippen LogP contribution < -0.4 is 0 Å². The fraction of sp³-hybridized carbons (Fsp3) is 0.636. The van der Waals surface area contributed by atoms with Gasteiger partial charge in [-0.2, -0.15) is 0 Å². The van der Waals surface area contributed by atoms with E-state index < -0.39 is 23.5 Å². The predicted molar refractivity (Wildman–Crippen MR) is 53.9 cm³/mol. The van der Waals surface area contributed by atoms with Gasteiger partial charge in [0, 0.05) is 0 Å². The summed E-state index contributed by atoms with van der Waals surface area (Å²) in [5.74, 6) is -2.32. The molecule has 0 aromatic heterocycles. The van der Waals surface area contributed by atoms with Crippen molar-refractivity contribution in [2.45, 2.75) is 38.2 Å². The van der Waals surface area contributed by atoms with Crippen LogP contribution in [0.3, 0.4) is 0 Å². The van der Waals surface area contributed by atoms with Crippen LogP contribution in [-0.4, -0.2) is 22.6 Å².